The fourth-order valence-corrected chi connectivity index (χ4v) is 2.34. The molecule has 11 heteroatoms. The van der Waals surface area contributed by atoms with Gasteiger partial charge in [-0.05, 0) is 40.2 Å². The molecule has 4 nitrogen and oxygen atoms in total. The number of benzene rings is 1. The van der Waals surface area contributed by atoms with Gasteiger partial charge in [-0.15, -0.1) is 0 Å². The second kappa shape index (κ2) is 7.67. The normalized spacial score (nSPS) is 12.8. The molecule has 0 bridgehead atoms. The molecule has 0 saturated carbocycles. The molecule has 2 rings (SSSR count). The van der Waals surface area contributed by atoms with Gasteiger partial charge in [-0.25, -0.2) is 14.8 Å². The minimum Gasteiger partial charge on any atom is -0.465 e. The van der Waals surface area contributed by atoms with E-state index >= 15 is 0 Å². The molecular weight excluding hydrogens is 446 g/mol. The van der Waals surface area contributed by atoms with E-state index in [4.69, 9.17) is 0 Å². The van der Waals surface area contributed by atoms with Crippen molar-refractivity contribution >= 4 is 28.0 Å². The van der Waals surface area contributed by atoms with Crippen molar-refractivity contribution in [2.24, 2.45) is 0 Å². The number of esters is 1. The van der Waals surface area contributed by atoms with Gasteiger partial charge in [0.05, 0.1) is 23.9 Å². The zero-order chi connectivity index (χ0) is 20.4. The highest BCUT2D eigenvalue weighted by molar-refractivity contribution is 9.12. The number of nitrogens with zero attached hydrogens (tertiary/aromatic N) is 2. The Bertz CT molecular complexity index is 861. The molecule has 0 fully saturated rings. The number of hydrogen-bond donors (Lipinski definition) is 0. The Balaban J connectivity index is 2.58. The lowest BCUT2D eigenvalue weighted by Crippen LogP contribution is -2.11. The van der Waals surface area contributed by atoms with E-state index in [9.17, 15) is 31.1 Å². The molecule has 1 aromatic heterocycles. The van der Waals surface area contributed by atoms with Gasteiger partial charge in [0.1, 0.15) is 4.48 Å². The molecule has 0 unspecified atom stereocenters. The SMILES string of the molecule is COC(=O)/C(Br)=C\c1nccc(-c2cc(C(F)(F)F)cc(C(F)(F)F)c2)n1. The number of methoxy groups -OCH3 is 1. The summed E-state index contributed by atoms with van der Waals surface area (Å²) in [6.45, 7) is 0. The zero-order valence-corrected chi connectivity index (χ0v) is 14.9. The number of hydrogen-bond acceptors (Lipinski definition) is 4. The van der Waals surface area contributed by atoms with Crippen molar-refractivity contribution in [2.75, 3.05) is 7.11 Å². The molecule has 0 atom stereocenters. The summed E-state index contributed by atoms with van der Waals surface area (Å²) in [5.41, 5.74) is -3.50. The molecule has 0 aliphatic heterocycles. The minimum absolute atomic E-state index is 0.0271. The molecule has 0 N–H and O–H groups in total. The molecule has 27 heavy (non-hydrogen) atoms. The summed E-state index contributed by atoms with van der Waals surface area (Å²) in [6, 6.07) is 2.29. The van der Waals surface area contributed by atoms with Crippen molar-refractivity contribution in [1.82, 2.24) is 9.97 Å². The van der Waals surface area contributed by atoms with Crippen molar-refractivity contribution in [3.8, 4) is 11.3 Å². The van der Waals surface area contributed by atoms with Gasteiger partial charge in [-0.2, -0.15) is 26.3 Å². The van der Waals surface area contributed by atoms with E-state index in [2.05, 4.69) is 30.6 Å². The molecule has 144 valence electrons. The summed E-state index contributed by atoms with van der Waals surface area (Å²) in [4.78, 5) is 19.0. The van der Waals surface area contributed by atoms with E-state index in [1.165, 1.54) is 0 Å². The summed E-state index contributed by atoms with van der Waals surface area (Å²) < 4.78 is 82.1. The summed E-state index contributed by atoms with van der Waals surface area (Å²) in [7, 11) is 1.12. The average Bonchev–Trinajstić information content (AvgIpc) is 2.59. The maximum absolute atomic E-state index is 13.0. The van der Waals surface area contributed by atoms with Crippen LogP contribution in [-0.2, 0) is 21.9 Å². The van der Waals surface area contributed by atoms with E-state index in [1.807, 2.05) is 0 Å². The van der Waals surface area contributed by atoms with Crippen LogP contribution in [0.4, 0.5) is 26.3 Å². The summed E-state index contributed by atoms with van der Waals surface area (Å²) in [5.74, 6) is -0.877. The second-order valence-corrected chi connectivity index (χ2v) is 5.93. The van der Waals surface area contributed by atoms with Crippen LogP contribution in [0.5, 0.6) is 0 Å². The fraction of sp³-hybridized carbons (Fsp3) is 0.188. The largest absolute Gasteiger partial charge is 0.465 e. The molecule has 0 saturated heterocycles. The predicted molar refractivity (Wildman–Crippen MR) is 86.4 cm³/mol. The van der Waals surface area contributed by atoms with E-state index in [-0.39, 0.29) is 22.1 Å². The minimum atomic E-state index is -4.97. The number of aromatic nitrogens is 2. The number of carbonyl (C=O) groups excluding carboxylic acids is 1. The van der Waals surface area contributed by atoms with Gasteiger partial charge >= 0.3 is 18.3 Å². The van der Waals surface area contributed by atoms with Crippen molar-refractivity contribution in [3.05, 3.63) is 51.9 Å². The van der Waals surface area contributed by atoms with Crippen molar-refractivity contribution in [1.29, 1.82) is 0 Å². The van der Waals surface area contributed by atoms with Crippen LogP contribution in [0, 0.1) is 0 Å². The van der Waals surface area contributed by atoms with E-state index < -0.39 is 35.0 Å². The highest BCUT2D eigenvalue weighted by Crippen LogP contribution is 2.38. The van der Waals surface area contributed by atoms with Gasteiger partial charge in [0.2, 0.25) is 0 Å². The number of alkyl halides is 6. The molecule has 1 aromatic carbocycles. The van der Waals surface area contributed by atoms with Crippen LogP contribution in [0.25, 0.3) is 17.3 Å². The molecule has 2 aromatic rings. The van der Waals surface area contributed by atoms with Crippen LogP contribution in [-0.4, -0.2) is 23.0 Å². The molecule has 0 aliphatic carbocycles. The second-order valence-electron chi connectivity index (χ2n) is 5.08. The Labute approximate surface area is 157 Å². The van der Waals surface area contributed by atoms with Crippen LogP contribution >= 0.6 is 15.9 Å². The van der Waals surface area contributed by atoms with Gasteiger partial charge in [-0.1, -0.05) is 0 Å². The van der Waals surface area contributed by atoms with Crippen LogP contribution in [0.1, 0.15) is 17.0 Å². The monoisotopic (exact) mass is 454 g/mol. The lowest BCUT2D eigenvalue weighted by atomic mass is 10.0. The zero-order valence-electron chi connectivity index (χ0n) is 13.3. The third kappa shape index (κ3) is 5.28. The molecule has 0 amide bonds. The average molecular weight is 455 g/mol. The first-order valence-electron chi connectivity index (χ1n) is 7.00. The summed E-state index contributed by atoms with van der Waals surface area (Å²) in [6.07, 6.45) is -7.69. The first kappa shape index (κ1) is 20.9. The number of halogens is 7. The molecule has 1 heterocycles. The summed E-state index contributed by atoms with van der Waals surface area (Å²) >= 11 is 2.91. The summed E-state index contributed by atoms with van der Waals surface area (Å²) in [5, 5.41) is 0. The van der Waals surface area contributed by atoms with Gasteiger partial charge in [0.15, 0.2) is 5.82 Å². The van der Waals surface area contributed by atoms with Gasteiger partial charge in [-0.3, -0.25) is 0 Å². The lowest BCUT2D eigenvalue weighted by molar-refractivity contribution is -0.143. The topological polar surface area (TPSA) is 52.1 Å². The maximum atomic E-state index is 13.0. The Morgan fingerprint density at radius 2 is 1.63 bits per heavy atom. The first-order valence-corrected chi connectivity index (χ1v) is 7.79. The Morgan fingerprint density at radius 1 is 1.07 bits per heavy atom. The standard InChI is InChI=1S/C16H9BrF6N2O2/c1-27-14(26)11(17)7-13-24-3-2-12(25-13)8-4-9(15(18,19)20)6-10(5-8)16(21,22)23/h2-7H,1H3/b11-7+. The number of rotatable bonds is 3. The van der Waals surface area contributed by atoms with E-state index in [0.29, 0.717) is 12.1 Å². The molecule has 0 radical (unpaired) electrons. The molecular formula is C16H9BrF6N2O2. The Kier molecular flexibility index (Phi) is 5.93. The highest BCUT2D eigenvalue weighted by Gasteiger charge is 2.37. The van der Waals surface area contributed by atoms with Gasteiger partial charge < -0.3 is 4.74 Å². The third-order valence-electron chi connectivity index (χ3n) is 3.19. The van der Waals surface area contributed by atoms with E-state index in [1.54, 1.807) is 0 Å². The van der Waals surface area contributed by atoms with Gasteiger partial charge in [0.25, 0.3) is 0 Å². The Morgan fingerprint density at radius 3 is 2.11 bits per heavy atom. The first-order chi connectivity index (χ1) is 12.4. The van der Waals surface area contributed by atoms with Crippen molar-refractivity contribution < 1.29 is 35.9 Å². The number of carbonyl (C=O) groups is 1. The van der Waals surface area contributed by atoms with Crippen LogP contribution in [0.15, 0.2) is 34.9 Å². The molecule has 0 spiro atoms. The van der Waals surface area contributed by atoms with Crippen LogP contribution < -0.4 is 0 Å². The molecule has 0 aliphatic rings. The van der Waals surface area contributed by atoms with Crippen molar-refractivity contribution in [2.45, 2.75) is 12.4 Å². The highest BCUT2D eigenvalue weighted by atomic mass is 79.9. The quantitative estimate of drug-likeness (QED) is 0.368. The lowest BCUT2D eigenvalue weighted by Gasteiger charge is -2.14. The van der Waals surface area contributed by atoms with E-state index in [0.717, 1.165) is 25.4 Å². The van der Waals surface area contributed by atoms with Crippen molar-refractivity contribution in [3.63, 3.8) is 0 Å². The third-order valence-corrected chi connectivity index (χ3v) is 3.75. The van der Waals surface area contributed by atoms with Crippen LogP contribution in [0.2, 0.25) is 0 Å². The van der Waals surface area contributed by atoms with Gasteiger partial charge in [0, 0.05) is 17.8 Å². The smallest absolute Gasteiger partial charge is 0.416 e. The predicted octanol–water partition coefficient (Wildman–Crippen LogP) is 5.09. The fourth-order valence-electron chi connectivity index (χ4n) is 1.98. The van der Waals surface area contributed by atoms with Crippen LogP contribution in [0.3, 0.4) is 0 Å². The Hall–Kier alpha value is -2.43. The number of ether oxygens (including phenoxy) is 1. The maximum Gasteiger partial charge on any atom is 0.416 e.